The van der Waals surface area contributed by atoms with Gasteiger partial charge in [-0.25, -0.2) is 4.98 Å². The number of imidazole rings is 1. The lowest BCUT2D eigenvalue weighted by atomic mass is 9.97. The van der Waals surface area contributed by atoms with E-state index < -0.39 is 0 Å². The van der Waals surface area contributed by atoms with E-state index in [4.69, 9.17) is 0 Å². The van der Waals surface area contributed by atoms with E-state index in [1.54, 1.807) is 0 Å². The maximum Gasteiger partial charge on any atom is 0.263 e. The van der Waals surface area contributed by atoms with Crippen molar-refractivity contribution in [3.63, 3.8) is 0 Å². The van der Waals surface area contributed by atoms with Gasteiger partial charge >= 0.3 is 0 Å². The van der Waals surface area contributed by atoms with Gasteiger partial charge in [-0.05, 0) is 23.1 Å². The molecule has 1 aromatic carbocycles. The molecule has 0 unspecified atom stereocenters. The normalized spacial score (nSPS) is 12.2. The third kappa shape index (κ3) is 2.84. The van der Waals surface area contributed by atoms with Gasteiger partial charge in [-0.3, -0.25) is 9.20 Å². The number of hydrogen-bond donors (Lipinski definition) is 2. The number of nitrogens with zero attached hydrogens (tertiary/aromatic N) is 2. The lowest BCUT2D eigenvalue weighted by Gasteiger charge is -2.18. The summed E-state index contributed by atoms with van der Waals surface area (Å²) in [6.45, 7) is 6.89. The molecule has 2 aromatic heterocycles. The SMILES string of the molecule is CC(C)(C)CNC(=O)c1cn2c(nc3cc(CO)ccc32)s1. The highest BCUT2D eigenvalue weighted by atomic mass is 32.1. The Morgan fingerprint density at radius 3 is 2.86 bits per heavy atom. The third-order valence-corrected chi connectivity index (χ3v) is 4.34. The highest BCUT2D eigenvalue weighted by Gasteiger charge is 2.17. The molecule has 0 aliphatic rings. The molecule has 0 saturated heterocycles. The summed E-state index contributed by atoms with van der Waals surface area (Å²) in [5.41, 5.74) is 2.67. The zero-order chi connectivity index (χ0) is 15.9. The maximum absolute atomic E-state index is 12.2. The first kappa shape index (κ1) is 15.0. The standard InChI is InChI=1S/C16H19N3O2S/c1-16(2,3)9-17-14(21)13-7-19-12-5-4-10(8-20)6-11(12)18-15(19)22-13/h4-7,20H,8-9H2,1-3H3,(H,17,21). The lowest BCUT2D eigenvalue weighted by molar-refractivity contribution is 0.0943. The quantitative estimate of drug-likeness (QED) is 0.780. The second-order valence-electron chi connectivity index (χ2n) is 6.58. The second-order valence-corrected chi connectivity index (χ2v) is 7.59. The van der Waals surface area contributed by atoms with Gasteiger partial charge in [0, 0.05) is 12.7 Å². The fourth-order valence-electron chi connectivity index (χ4n) is 2.20. The Bertz CT molecular complexity index is 842. The lowest BCUT2D eigenvalue weighted by Crippen LogP contribution is -2.31. The van der Waals surface area contributed by atoms with Gasteiger partial charge < -0.3 is 10.4 Å². The van der Waals surface area contributed by atoms with Crippen LogP contribution in [0.15, 0.2) is 24.4 Å². The summed E-state index contributed by atoms with van der Waals surface area (Å²) in [4.78, 5) is 18.2. The Labute approximate surface area is 132 Å². The molecule has 0 atom stereocenters. The molecule has 0 radical (unpaired) electrons. The van der Waals surface area contributed by atoms with Crippen LogP contribution in [0.1, 0.15) is 36.0 Å². The van der Waals surface area contributed by atoms with Crippen molar-refractivity contribution in [3.05, 3.63) is 34.8 Å². The van der Waals surface area contributed by atoms with Crippen molar-refractivity contribution in [1.82, 2.24) is 14.7 Å². The monoisotopic (exact) mass is 317 g/mol. The summed E-state index contributed by atoms with van der Waals surface area (Å²) in [6.07, 6.45) is 1.83. The van der Waals surface area contributed by atoms with Crippen LogP contribution in [0.25, 0.3) is 16.0 Å². The number of aliphatic hydroxyl groups is 1. The molecule has 116 valence electrons. The Morgan fingerprint density at radius 2 is 2.18 bits per heavy atom. The number of fused-ring (bicyclic) bond motifs is 3. The first-order valence-electron chi connectivity index (χ1n) is 7.17. The van der Waals surface area contributed by atoms with Gasteiger partial charge in [-0.15, -0.1) is 0 Å². The number of benzene rings is 1. The zero-order valence-electron chi connectivity index (χ0n) is 12.9. The van der Waals surface area contributed by atoms with E-state index in [1.165, 1.54) is 11.3 Å². The highest BCUT2D eigenvalue weighted by molar-refractivity contribution is 7.18. The summed E-state index contributed by atoms with van der Waals surface area (Å²) in [5, 5.41) is 12.1. The molecule has 0 aliphatic carbocycles. The van der Waals surface area contributed by atoms with Gasteiger partial charge in [0.25, 0.3) is 5.91 Å². The molecular weight excluding hydrogens is 298 g/mol. The minimum absolute atomic E-state index is 0.00156. The smallest absolute Gasteiger partial charge is 0.263 e. The van der Waals surface area contributed by atoms with E-state index in [9.17, 15) is 9.90 Å². The minimum atomic E-state index is -0.0643. The van der Waals surface area contributed by atoms with Gasteiger partial charge in [-0.1, -0.05) is 38.2 Å². The van der Waals surface area contributed by atoms with Crippen LogP contribution >= 0.6 is 11.3 Å². The number of rotatable bonds is 3. The Balaban J connectivity index is 1.92. The van der Waals surface area contributed by atoms with Crippen LogP contribution in [0.2, 0.25) is 0 Å². The average molecular weight is 317 g/mol. The van der Waals surface area contributed by atoms with Gasteiger partial charge in [-0.2, -0.15) is 0 Å². The molecular formula is C16H19N3O2S. The first-order valence-corrected chi connectivity index (χ1v) is 7.99. The molecule has 6 heteroatoms. The van der Waals surface area contributed by atoms with Gasteiger partial charge in [0.05, 0.1) is 17.6 Å². The van der Waals surface area contributed by atoms with E-state index in [2.05, 4.69) is 31.1 Å². The van der Waals surface area contributed by atoms with Crippen LogP contribution in [0.5, 0.6) is 0 Å². The molecule has 1 amide bonds. The Morgan fingerprint density at radius 1 is 1.41 bits per heavy atom. The van der Waals surface area contributed by atoms with Crippen LogP contribution in [0, 0.1) is 5.41 Å². The number of nitrogens with one attached hydrogen (secondary N) is 1. The summed E-state index contributed by atoms with van der Waals surface area (Å²) < 4.78 is 1.92. The first-order chi connectivity index (χ1) is 10.4. The van der Waals surface area contributed by atoms with Crippen molar-refractivity contribution in [3.8, 4) is 0 Å². The Kier molecular flexibility index (Phi) is 3.66. The van der Waals surface area contributed by atoms with E-state index in [1.807, 2.05) is 28.8 Å². The summed E-state index contributed by atoms with van der Waals surface area (Å²) >= 11 is 1.37. The molecule has 0 fully saturated rings. The number of amides is 1. The minimum Gasteiger partial charge on any atom is -0.392 e. The average Bonchev–Trinajstić information content (AvgIpc) is 3.00. The number of thiazole rings is 1. The molecule has 2 N–H and O–H groups in total. The molecule has 22 heavy (non-hydrogen) atoms. The van der Waals surface area contributed by atoms with Crippen LogP contribution in [0.3, 0.4) is 0 Å². The maximum atomic E-state index is 12.2. The predicted molar refractivity (Wildman–Crippen MR) is 88.3 cm³/mol. The highest BCUT2D eigenvalue weighted by Crippen LogP contribution is 2.24. The van der Waals surface area contributed by atoms with Crippen LogP contribution in [-0.4, -0.2) is 26.9 Å². The molecule has 2 heterocycles. The van der Waals surface area contributed by atoms with Crippen molar-refractivity contribution in [2.24, 2.45) is 5.41 Å². The number of carbonyl (C=O) groups excluding carboxylic acids is 1. The number of hydrogen-bond acceptors (Lipinski definition) is 4. The topological polar surface area (TPSA) is 66.6 Å². The van der Waals surface area contributed by atoms with E-state index in [0.29, 0.717) is 11.4 Å². The molecule has 5 nitrogen and oxygen atoms in total. The zero-order valence-corrected chi connectivity index (χ0v) is 13.7. The second kappa shape index (κ2) is 5.37. The van der Waals surface area contributed by atoms with E-state index in [0.717, 1.165) is 21.6 Å². The predicted octanol–water partition coefficient (Wildman–Crippen LogP) is 2.82. The molecule has 3 rings (SSSR count). The van der Waals surface area contributed by atoms with Crippen molar-refractivity contribution in [2.45, 2.75) is 27.4 Å². The molecule has 0 bridgehead atoms. The number of aromatic nitrogens is 2. The van der Waals surface area contributed by atoms with Crippen molar-refractivity contribution in [1.29, 1.82) is 0 Å². The summed E-state index contributed by atoms with van der Waals surface area (Å²) in [5.74, 6) is -0.0643. The summed E-state index contributed by atoms with van der Waals surface area (Å²) in [7, 11) is 0. The molecule has 0 aliphatic heterocycles. The third-order valence-electron chi connectivity index (χ3n) is 3.35. The molecule has 0 saturated carbocycles. The van der Waals surface area contributed by atoms with Crippen LogP contribution in [0.4, 0.5) is 0 Å². The molecule has 0 spiro atoms. The summed E-state index contributed by atoms with van der Waals surface area (Å²) in [6, 6.07) is 5.66. The molecule has 3 aromatic rings. The van der Waals surface area contributed by atoms with Crippen molar-refractivity contribution < 1.29 is 9.90 Å². The fourth-order valence-corrected chi connectivity index (χ4v) is 3.11. The van der Waals surface area contributed by atoms with Gasteiger partial charge in [0.15, 0.2) is 4.96 Å². The van der Waals surface area contributed by atoms with Gasteiger partial charge in [0.1, 0.15) is 4.88 Å². The van der Waals surface area contributed by atoms with Crippen LogP contribution in [-0.2, 0) is 6.61 Å². The van der Waals surface area contributed by atoms with Crippen molar-refractivity contribution >= 4 is 33.2 Å². The number of carbonyl (C=O) groups is 1. The van der Waals surface area contributed by atoms with E-state index in [-0.39, 0.29) is 17.9 Å². The largest absolute Gasteiger partial charge is 0.392 e. The van der Waals surface area contributed by atoms with E-state index >= 15 is 0 Å². The Hall–Kier alpha value is -1.92. The fraction of sp³-hybridized carbons (Fsp3) is 0.375. The van der Waals surface area contributed by atoms with Crippen LogP contribution < -0.4 is 5.32 Å². The number of aliphatic hydroxyl groups excluding tert-OH is 1. The van der Waals surface area contributed by atoms with Gasteiger partial charge in [0.2, 0.25) is 0 Å². The van der Waals surface area contributed by atoms with Crippen molar-refractivity contribution in [2.75, 3.05) is 6.54 Å².